The van der Waals surface area contributed by atoms with Crippen LogP contribution in [0.2, 0.25) is 5.02 Å². The first-order valence-corrected chi connectivity index (χ1v) is 11.1. The fourth-order valence-electron chi connectivity index (χ4n) is 3.38. The van der Waals surface area contributed by atoms with Crippen LogP contribution in [-0.4, -0.2) is 27.3 Å². The average molecular weight is 459 g/mol. The number of carbonyl (C=O) groups excluding carboxylic acids is 1. The monoisotopic (exact) mass is 458 g/mol. The van der Waals surface area contributed by atoms with E-state index in [4.69, 9.17) is 16.3 Å². The fraction of sp³-hybridized carbons (Fsp3) is 0.227. The highest BCUT2D eigenvalue weighted by atomic mass is 35.5. The van der Waals surface area contributed by atoms with Crippen LogP contribution in [0.3, 0.4) is 0 Å². The summed E-state index contributed by atoms with van der Waals surface area (Å²) in [7, 11) is 0. The lowest BCUT2D eigenvalue weighted by molar-refractivity contribution is -0.139. The zero-order valence-electron chi connectivity index (χ0n) is 16.9. The van der Waals surface area contributed by atoms with Crippen molar-refractivity contribution in [3.63, 3.8) is 0 Å². The molecule has 0 bridgehead atoms. The molecule has 31 heavy (non-hydrogen) atoms. The topological polar surface area (TPSA) is 69.0 Å². The Morgan fingerprint density at radius 1 is 1.26 bits per heavy atom. The maximum absolute atomic E-state index is 14.0. The van der Waals surface area contributed by atoms with Gasteiger partial charge in [0.1, 0.15) is 11.9 Å². The second-order valence-corrected chi connectivity index (χ2v) is 8.26. The van der Waals surface area contributed by atoms with E-state index in [0.717, 1.165) is 5.56 Å². The first-order chi connectivity index (χ1) is 15.0. The number of allylic oxidation sites excluding steroid dienone is 1. The van der Waals surface area contributed by atoms with Crippen LogP contribution >= 0.6 is 23.4 Å². The number of fused-ring (bicyclic) bond motifs is 1. The number of aromatic nitrogens is 3. The van der Waals surface area contributed by atoms with Crippen molar-refractivity contribution < 1.29 is 13.9 Å². The maximum atomic E-state index is 14.0. The summed E-state index contributed by atoms with van der Waals surface area (Å²) in [5.74, 6) is 0.202. The van der Waals surface area contributed by atoms with Crippen LogP contribution in [0, 0.1) is 5.82 Å². The van der Waals surface area contributed by atoms with Crippen molar-refractivity contribution in [1.82, 2.24) is 14.8 Å². The van der Waals surface area contributed by atoms with Gasteiger partial charge >= 0.3 is 5.97 Å². The molecule has 4 rings (SSSR count). The molecule has 2 aromatic carbocycles. The zero-order valence-corrected chi connectivity index (χ0v) is 18.5. The van der Waals surface area contributed by atoms with Gasteiger partial charge in [-0.2, -0.15) is 4.98 Å². The number of ether oxygens (including phenoxy) is 1. The predicted molar refractivity (Wildman–Crippen MR) is 119 cm³/mol. The van der Waals surface area contributed by atoms with Crippen molar-refractivity contribution >= 4 is 35.3 Å². The molecule has 0 aliphatic carbocycles. The van der Waals surface area contributed by atoms with Crippen LogP contribution in [0.5, 0.6) is 0 Å². The van der Waals surface area contributed by atoms with Crippen molar-refractivity contribution in [2.45, 2.75) is 30.8 Å². The van der Waals surface area contributed by atoms with Crippen LogP contribution in [0.1, 0.15) is 31.0 Å². The number of rotatable bonds is 6. The van der Waals surface area contributed by atoms with Crippen LogP contribution < -0.4 is 5.32 Å². The van der Waals surface area contributed by atoms with E-state index in [9.17, 15) is 9.18 Å². The first kappa shape index (κ1) is 21.4. The Bertz CT molecular complexity index is 1150. The Morgan fingerprint density at radius 2 is 2.00 bits per heavy atom. The molecule has 0 saturated carbocycles. The predicted octanol–water partition coefficient (Wildman–Crippen LogP) is 5.21. The number of hydrogen-bond donors (Lipinski definition) is 1. The first-order valence-electron chi connectivity index (χ1n) is 9.71. The second kappa shape index (κ2) is 9.11. The van der Waals surface area contributed by atoms with Crippen molar-refractivity contribution in [2.24, 2.45) is 0 Å². The molecule has 0 saturated heterocycles. The van der Waals surface area contributed by atoms with E-state index in [0.29, 0.717) is 38.7 Å². The van der Waals surface area contributed by atoms with E-state index in [1.165, 1.54) is 17.8 Å². The maximum Gasteiger partial charge on any atom is 0.338 e. The highest BCUT2D eigenvalue weighted by Crippen LogP contribution is 2.37. The molecule has 0 radical (unpaired) electrons. The van der Waals surface area contributed by atoms with Gasteiger partial charge in [-0.05, 0) is 43.2 Å². The van der Waals surface area contributed by atoms with Gasteiger partial charge in [-0.25, -0.2) is 13.9 Å². The van der Waals surface area contributed by atoms with E-state index in [-0.39, 0.29) is 12.4 Å². The lowest BCUT2D eigenvalue weighted by Gasteiger charge is -2.28. The third-order valence-electron chi connectivity index (χ3n) is 4.83. The number of carbonyl (C=O) groups is 1. The second-order valence-electron chi connectivity index (χ2n) is 6.88. The highest BCUT2D eigenvalue weighted by molar-refractivity contribution is 7.98. The summed E-state index contributed by atoms with van der Waals surface area (Å²) in [6.07, 6.45) is 0. The van der Waals surface area contributed by atoms with Gasteiger partial charge in [0.2, 0.25) is 11.1 Å². The van der Waals surface area contributed by atoms with Crippen LogP contribution in [0.4, 0.5) is 10.3 Å². The lowest BCUT2D eigenvalue weighted by Crippen LogP contribution is -2.29. The van der Waals surface area contributed by atoms with Gasteiger partial charge in [0.25, 0.3) is 0 Å². The van der Waals surface area contributed by atoms with Crippen molar-refractivity contribution in [2.75, 3.05) is 11.9 Å². The highest BCUT2D eigenvalue weighted by Gasteiger charge is 2.35. The van der Waals surface area contributed by atoms with E-state index >= 15 is 0 Å². The SMILES string of the molecule is CCOC(=O)C1=C(C)Nc2nc(SCc3ccccc3F)nn2[C@H]1c1ccc(Cl)cc1. The molecule has 1 aromatic heterocycles. The van der Waals surface area contributed by atoms with Gasteiger partial charge in [0.05, 0.1) is 12.2 Å². The molecule has 0 spiro atoms. The molecule has 1 atom stereocenters. The van der Waals surface area contributed by atoms with E-state index in [1.807, 2.05) is 12.1 Å². The molecular formula is C22H20ClFN4O2S. The van der Waals surface area contributed by atoms with Crippen molar-refractivity contribution in [1.29, 1.82) is 0 Å². The Labute approximate surface area is 188 Å². The van der Waals surface area contributed by atoms with Gasteiger partial charge in [0, 0.05) is 16.5 Å². The standard InChI is InChI=1S/C22H20ClFN4O2S/c1-3-30-20(29)18-13(2)25-21-26-22(31-12-15-6-4-5-7-17(15)24)27-28(21)19(18)14-8-10-16(23)11-9-14/h4-11,19H,3,12H2,1-2H3,(H,25,26,27)/t19-/m0/s1. The third-order valence-corrected chi connectivity index (χ3v) is 5.97. The van der Waals surface area contributed by atoms with Gasteiger partial charge in [-0.3, -0.25) is 0 Å². The van der Waals surface area contributed by atoms with Gasteiger partial charge in [-0.1, -0.05) is 53.7 Å². The number of hydrogen-bond acceptors (Lipinski definition) is 6. The summed E-state index contributed by atoms with van der Waals surface area (Å²) < 4.78 is 20.9. The Balaban J connectivity index is 1.70. The number of nitrogens with one attached hydrogen (secondary N) is 1. The van der Waals surface area contributed by atoms with Crippen LogP contribution in [0.15, 0.2) is 65.0 Å². The number of halogens is 2. The van der Waals surface area contributed by atoms with E-state index in [1.54, 1.807) is 48.9 Å². The quantitative estimate of drug-likeness (QED) is 0.403. The van der Waals surface area contributed by atoms with E-state index in [2.05, 4.69) is 15.4 Å². The minimum absolute atomic E-state index is 0.261. The van der Waals surface area contributed by atoms with Crippen LogP contribution in [0.25, 0.3) is 0 Å². The largest absolute Gasteiger partial charge is 0.463 e. The van der Waals surface area contributed by atoms with Gasteiger partial charge < -0.3 is 10.1 Å². The molecule has 1 aliphatic heterocycles. The molecule has 3 aromatic rings. The molecule has 0 amide bonds. The van der Waals surface area contributed by atoms with Crippen molar-refractivity contribution in [3.8, 4) is 0 Å². The summed E-state index contributed by atoms with van der Waals surface area (Å²) in [5.41, 5.74) is 2.49. The zero-order chi connectivity index (χ0) is 22.0. The Morgan fingerprint density at radius 3 is 2.71 bits per heavy atom. The average Bonchev–Trinajstić information content (AvgIpc) is 3.15. The summed E-state index contributed by atoms with van der Waals surface area (Å²) in [4.78, 5) is 17.3. The molecule has 160 valence electrons. The minimum atomic E-state index is -0.525. The van der Waals surface area contributed by atoms with Gasteiger partial charge in [-0.15, -0.1) is 5.10 Å². The minimum Gasteiger partial charge on any atom is -0.463 e. The lowest BCUT2D eigenvalue weighted by atomic mass is 9.96. The molecule has 9 heteroatoms. The van der Waals surface area contributed by atoms with Crippen molar-refractivity contribution in [3.05, 3.63) is 81.8 Å². The smallest absolute Gasteiger partial charge is 0.338 e. The number of esters is 1. The summed E-state index contributed by atoms with van der Waals surface area (Å²) in [6.45, 7) is 3.83. The Hall–Kier alpha value is -2.84. The van der Waals surface area contributed by atoms with Crippen LogP contribution in [-0.2, 0) is 15.3 Å². The number of benzene rings is 2. The molecule has 1 aliphatic rings. The number of anilines is 1. The van der Waals surface area contributed by atoms with Gasteiger partial charge in [0.15, 0.2) is 0 Å². The molecule has 6 nitrogen and oxygen atoms in total. The Kier molecular flexibility index (Phi) is 6.29. The van der Waals surface area contributed by atoms with E-state index < -0.39 is 12.0 Å². The summed E-state index contributed by atoms with van der Waals surface area (Å²) in [6, 6.07) is 13.3. The fourth-order valence-corrected chi connectivity index (χ4v) is 4.32. The third kappa shape index (κ3) is 4.45. The molecular weight excluding hydrogens is 439 g/mol. The molecule has 2 heterocycles. The summed E-state index contributed by atoms with van der Waals surface area (Å²) >= 11 is 7.38. The molecule has 0 unspecified atom stereocenters. The number of thioether (sulfide) groups is 1. The number of nitrogens with zero attached hydrogens (tertiary/aromatic N) is 3. The normalized spacial score (nSPS) is 15.4. The summed E-state index contributed by atoms with van der Waals surface area (Å²) in [5, 5.41) is 8.82. The molecule has 0 fully saturated rings. The molecule has 1 N–H and O–H groups in total.